The third-order valence-corrected chi connectivity index (χ3v) is 5.28. The maximum absolute atomic E-state index is 12.1. The quantitative estimate of drug-likeness (QED) is 0.542. The van der Waals surface area contributed by atoms with E-state index in [1.54, 1.807) is 11.3 Å². The van der Waals surface area contributed by atoms with Gasteiger partial charge in [0, 0.05) is 15.0 Å². The highest BCUT2D eigenvalue weighted by Crippen LogP contribution is 2.40. The van der Waals surface area contributed by atoms with Gasteiger partial charge < -0.3 is 5.73 Å². The second-order valence-corrected chi connectivity index (χ2v) is 6.67. The largest absolute Gasteiger partial charge is 0.366 e. The Bertz CT molecular complexity index is 1020. The molecule has 3 aromatic carbocycles. The van der Waals surface area contributed by atoms with Crippen LogP contribution < -0.4 is 5.73 Å². The Morgan fingerprint density at radius 3 is 2.00 bits per heavy atom. The SMILES string of the molecule is NC(=O)c1c(-c2ccccc2)sc2cc(-c3ccccc3)ccc12. The van der Waals surface area contributed by atoms with Crippen molar-refractivity contribution in [3.63, 3.8) is 0 Å². The van der Waals surface area contributed by atoms with Gasteiger partial charge in [0.05, 0.1) is 5.56 Å². The molecule has 2 nitrogen and oxygen atoms in total. The number of thiophene rings is 1. The van der Waals surface area contributed by atoms with Gasteiger partial charge in [-0.2, -0.15) is 0 Å². The molecule has 0 unspecified atom stereocenters. The van der Waals surface area contributed by atoms with E-state index in [1.165, 1.54) is 0 Å². The van der Waals surface area contributed by atoms with Crippen LogP contribution in [0.15, 0.2) is 78.9 Å². The van der Waals surface area contributed by atoms with Crippen molar-refractivity contribution in [2.75, 3.05) is 0 Å². The molecular weight excluding hydrogens is 314 g/mol. The average molecular weight is 329 g/mol. The molecule has 0 bridgehead atoms. The monoisotopic (exact) mass is 329 g/mol. The van der Waals surface area contributed by atoms with E-state index >= 15 is 0 Å². The van der Waals surface area contributed by atoms with Crippen molar-refractivity contribution in [2.24, 2.45) is 5.73 Å². The van der Waals surface area contributed by atoms with E-state index < -0.39 is 0 Å². The number of rotatable bonds is 3. The minimum atomic E-state index is -0.382. The summed E-state index contributed by atoms with van der Waals surface area (Å²) in [6.45, 7) is 0. The molecule has 0 fully saturated rings. The van der Waals surface area contributed by atoms with Crippen molar-refractivity contribution in [1.29, 1.82) is 0 Å². The summed E-state index contributed by atoms with van der Waals surface area (Å²) < 4.78 is 1.07. The molecule has 116 valence electrons. The number of carbonyl (C=O) groups is 1. The van der Waals surface area contributed by atoms with Crippen LogP contribution in [0.4, 0.5) is 0 Å². The van der Waals surface area contributed by atoms with Crippen LogP contribution in [0, 0.1) is 0 Å². The Morgan fingerprint density at radius 1 is 0.750 bits per heavy atom. The molecular formula is C21H15NOS. The van der Waals surface area contributed by atoms with Crippen molar-refractivity contribution in [3.05, 3.63) is 84.4 Å². The van der Waals surface area contributed by atoms with Crippen molar-refractivity contribution in [1.82, 2.24) is 0 Å². The summed E-state index contributed by atoms with van der Waals surface area (Å²) in [4.78, 5) is 13.0. The second kappa shape index (κ2) is 5.95. The van der Waals surface area contributed by atoms with Gasteiger partial charge in [0.15, 0.2) is 0 Å². The smallest absolute Gasteiger partial charge is 0.250 e. The Hall–Kier alpha value is -2.91. The number of benzene rings is 3. The highest BCUT2D eigenvalue weighted by atomic mass is 32.1. The first kappa shape index (κ1) is 14.7. The van der Waals surface area contributed by atoms with Gasteiger partial charge in [0.2, 0.25) is 0 Å². The molecule has 1 heterocycles. The summed E-state index contributed by atoms with van der Waals surface area (Å²) in [6.07, 6.45) is 0. The first-order chi connectivity index (χ1) is 11.7. The third-order valence-electron chi connectivity index (χ3n) is 4.08. The predicted octanol–water partition coefficient (Wildman–Crippen LogP) is 5.33. The normalized spacial score (nSPS) is 10.8. The number of carbonyl (C=O) groups excluding carboxylic acids is 1. The van der Waals surface area contributed by atoms with Crippen LogP contribution in [0.5, 0.6) is 0 Å². The second-order valence-electron chi connectivity index (χ2n) is 5.61. The summed E-state index contributed by atoms with van der Waals surface area (Å²) >= 11 is 1.61. The van der Waals surface area contributed by atoms with Crippen molar-refractivity contribution < 1.29 is 4.79 Å². The zero-order valence-corrected chi connectivity index (χ0v) is 13.7. The van der Waals surface area contributed by atoms with E-state index in [4.69, 9.17) is 5.73 Å². The molecule has 0 atom stereocenters. The molecule has 0 saturated heterocycles. The van der Waals surface area contributed by atoms with Crippen LogP contribution in [0.3, 0.4) is 0 Å². The van der Waals surface area contributed by atoms with E-state index in [-0.39, 0.29) is 5.91 Å². The maximum Gasteiger partial charge on any atom is 0.250 e. The van der Waals surface area contributed by atoms with Crippen molar-refractivity contribution in [2.45, 2.75) is 0 Å². The average Bonchev–Trinajstić information content (AvgIpc) is 3.02. The summed E-state index contributed by atoms with van der Waals surface area (Å²) in [5.41, 5.74) is 9.61. The predicted molar refractivity (Wildman–Crippen MR) is 101 cm³/mol. The Kier molecular flexibility index (Phi) is 3.63. The summed E-state index contributed by atoms with van der Waals surface area (Å²) in [5.74, 6) is -0.382. The van der Waals surface area contributed by atoms with E-state index in [1.807, 2.05) is 60.7 Å². The maximum atomic E-state index is 12.1. The zero-order valence-electron chi connectivity index (χ0n) is 12.9. The third kappa shape index (κ3) is 2.49. The molecule has 4 rings (SSSR count). The van der Waals surface area contributed by atoms with Gasteiger partial charge in [-0.15, -0.1) is 11.3 Å². The Balaban J connectivity index is 1.95. The van der Waals surface area contributed by atoms with Crippen LogP contribution in [0.2, 0.25) is 0 Å². The van der Waals surface area contributed by atoms with Gasteiger partial charge >= 0.3 is 0 Å². The lowest BCUT2D eigenvalue weighted by molar-refractivity contribution is 0.100. The van der Waals surface area contributed by atoms with E-state index in [2.05, 4.69) is 18.2 Å². The fraction of sp³-hybridized carbons (Fsp3) is 0. The molecule has 0 radical (unpaired) electrons. The van der Waals surface area contributed by atoms with Gasteiger partial charge in [-0.1, -0.05) is 72.8 Å². The number of fused-ring (bicyclic) bond motifs is 1. The molecule has 1 amide bonds. The fourth-order valence-electron chi connectivity index (χ4n) is 2.94. The number of hydrogen-bond donors (Lipinski definition) is 1. The van der Waals surface area contributed by atoms with Gasteiger partial charge in [-0.3, -0.25) is 4.79 Å². The topological polar surface area (TPSA) is 43.1 Å². The molecule has 0 spiro atoms. The highest BCUT2D eigenvalue weighted by Gasteiger charge is 2.18. The van der Waals surface area contributed by atoms with Gasteiger partial charge in [-0.05, 0) is 22.8 Å². The van der Waals surface area contributed by atoms with Crippen LogP contribution in [-0.2, 0) is 0 Å². The molecule has 4 aromatic rings. The molecule has 3 heteroatoms. The minimum Gasteiger partial charge on any atom is -0.366 e. The summed E-state index contributed by atoms with van der Waals surface area (Å²) in [7, 11) is 0. The van der Waals surface area contributed by atoms with Crippen molar-refractivity contribution in [3.8, 4) is 21.6 Å². The standard InChI is InChI=1S/C21H15NOS/c22-21(23)19-17-12-11-16(14-7-3-1-4-8-14)13-18(17)24-20(19)15-9-5-2-6-10-15/h1-13H,(H2,22,23). The first-order valence-electron chi connectivity index (χ1n) is 7.71. The summed E-state index contributed by atoms with van der Waals surface area (Å²) in [5, 5.41) is 0.922. The molecule has 1 aromatic heterocycles. The van der Waals surface area contributed by atoms with Crippen molar-refractivity contribution >= 4 is 27.3 Å². The first-order valence-corrected chi connectivity index (χ1v) is 8.53. The summed E-state index contributed by atoms with van der Waals surface area (Å²) in [6, 6.07) is 26.3. The lowest BCUT2D eigenvalue weighted by atomic mass is 10.0. The molecule has 0 aliphatic heterocycles. The van der Waals surface area contributed by atoms with E-state index in [9.17, 15) is 4.79 Å². The number of hydrogen-bond acceptors (Lipinski definition) is 2. The van der Waals surface area contributed by atoms with Crippen LogP contribution in [0.25, 0.3) is 31.7 Å². The van der Waals surface area contributed by atoms with Crippen LogP contribution in [0.1, 0.15) is 10.4 Å². The lowest BCUT2D eigenvalue weighted by Gasteiger charge is -2.02. The Morgan fingerprint density at radius 2 is 1.38 bits per heavy atom. The fourth-order valence-corrected chi connectivity index (χ4v) is 4.20. The molecule has 0 aliphatic carbocycles. The van der Waals surface area contributed by atoms with E-state index in [0.717, 1.165) is 31.7 Å². The lowest BCUT2D eigenvalue weighted by Crippen LogP contribution is -2.11. The zero-order chi connectivity index (χ0) is 16.5. The molecule has 24 heavy (non-hydrogen) atoms. The molecule has 0 saturated carbocycles. The van der Waals surface area contributed by atoms with Gasteiger partial charge in [0.25, 0.3) is 5.91 Å². The van der Waals surface area contributed by atoms with Crippen LogP contribution in [-0.4, -0.2) is 5.91 Å². The Labute approximate surface area is 144 Å². The van der Waals surface area contributed by atoms with E-state index in [0.29, 0.717) is 5.56 Å². The number of amides is 1. The molecule has 2 N–H and O–H groups in total. The number of primary amides is 1. The minimum absolute atomic E-state index is 0.382. The number of nitrogens with two attached hydrogens (primary N) is 1. The highest BCUT2D eigenvalue weighted by molar-refractivity contribution is 7.22. The van der Waals surface area contributed by atoms with Crippen LogP contribution >= 0.6 is 11.3 Å². The van der Waals surface area contributed by atoms with Gasteiger partial charge in [0.1, 0.15) is 0 Å². The van der Waals surface area contributed by atoms with Gasteiger partial charge in [-0.25, -0.2) is 0 Å². The molecule has 0 aliphatic rings.